The third-order valence-electron chi connectivity index (χ3n) is 7.27. The Morgan fingerprint density at radius 1 is 1.09 bits per heavy atom. The Bertz CT molecular complexity index is 1710. The summed E-state index contributed by atoms with van der Waals surface area (Å²) in [5.41, 5.74) is 4.18. The summed E-state index contributed by atoms with van der Waals surface area (Å²) in [5.74, 6) is 0.00226. The highest BCUT2D eigenvalue weighted by Crippen LogP contribution is 2.38. The number of allylic oxidation sites excluding steroid dienone is 5. The van der Waals surface area contributed by atoms with Crippen molar-refractivity contribution >= 4 is 29.0 Å². The molecular formula is C35H40FN5O4. The minimum atomic E-state index is -0.654. The topological polar surface area (TPSA) is 104 Å². The first-order valence-electron chi connectivity index (χ1n) is 15.4. The lowest BCUT2D eigenvalue weighted by atomic mass is 9.90. The minimum absolute atomic E-state index is 0.0647. The number of aromatic nitrogens is 2. The van der Waals surface area contributed by atoms with Crippen LogP contribution < -0.4 is 15.4 Å². The molecule has 236 valence electrons. The van der Waals surface area contributed by atoms with E-state index in [-0.39, 0.29) is 12.3 Å². The van der Waals surface area contributed by atoms with Crippen LogP contribution in [-0.2, 0) is 11.2 Å². The Hall–Kier alpha value is -4.99. The molecule has 45 heavy (non-hydrogen) atoms. The summed E-state index contributed by atoms with van der Waals surface area (Å²) in [6.45, 7) is 14.4. The Balaban J connectivity index is 0.00000226. The number of rotatable bonds is 10. The number of hydrogen-bond acceptors (Lipinski definition) is 7. The number of hydrogen-bond donors (Lipinski definition) is 1. The van der Waals surface area contributed by atoms with Crippen LogP contribution in [0, 0.1) is 5.82 Å². The number of nitrogens with one attached hydrogen (secondary N) is 1. The Kier molecular flexibility index (Phi) is 11.1. The van der Waals surface area contributed by atoms with Gasteiger partial charge in [-0.05, 0) is 80.1 Å². The molecule has 1 aliphatic carbocycles. The molecule has 1 aromatic heterocycles. The van der Waals surface area contributed by atoms with Gasteiger partial charge in [-0.3, -0.25) is 19.2 Å². The molecule has 9 nitrogen and oxygen atoms in total. The summed E-state index contributed by atoms with van der Waals surface area (Å²) in [4.78, 5) is 29.8. The van der Waals surface area contributed by atoms with E-state index in [1.54, 1.807) is 48.5 Å². The summed E-state index contributed by atoms with van der Waals surface area (Å²) >= 11 is 0. The molecule has 0 atom stereocenters. The van der Waals surface area contributed by atoms with E-state index in [4.69, 9.17) is 4.74 Å². The fraction of sp³-hybridized carbons (Fsp3) is 0.314. The zero-order valence-corrected chi connectivity index (χ0v) is 26.5. The Morgan fingerprint density at radius 3 is 2.40 bits per heavy atom. The van der Waals surface area contributed by atoms with Gasteiger partial charge in [0.25, 0.3) is 5.91 Å². The SMILES string of the molecule is C=C1N(/N=C\C)C(CCC)=C(Cc2ccc(C3=CCCC=C3c3noc(=O)[nH]3)cc2F)C(=O)N1c1ccc(OCC)cc1.CC. The van der Waals surface area contributed by atoms with Crippen LogP contribution in [0.2, 0.25) is 0 Å². The van der Waals surface area contributed by atoms with Crippen molar-refractivity contribution < 1.29 is 18.4 Å². The Labute approximate surface area is 263 Å². The van der Waals surface area contributed by atoms with Crippen LogP contribution >= 0.6 is 0 Å². The number of ether oxygens (including phenoxy) is 1. The van der Waals surface area contributed by atoms with E-state index in [1.807, 2.05) is 45.9 Å². The van der Waals surface area contributed by atoms with Gasteiger partial charge in [-0.2, -0.15) is 5.10 Å². The van der Waals surface area contributed by atoms with Gasteiger partial charge in [0, 0.05) is 23.8 Å². The van der Waals surface area contributed by atoms with Crippen LogP contribution in [0.1, 0.15) is 77.3 Å². The van der Waals surface area contributed by atoms with Crippen molar-refractivity contribution in [3.8, 4) is 5.75 Å². The molecule has 0 bridgehead atoms. The quantitative estimate of drug-likeness (QED) is 0.236. The van der Waals surface area contributed by atoms with Crippen molar-refractivity contribution in [1.29, 1.82) is 0 Å². The zero-order chi connectivity index (χ0) is 32.5. The highest BCUT2D eigenvalue weighted by molar-refractivity contribution is 6.09. The van der Waals surface area contributed by atoms with Gasteiger partial charge >= 0.3 is 5.76 Å². The number of H-pyrrole nitrogens is 1. The molecule has 0 saturated carbocycles. The maximum Gasteiger partial charge on any atom is 0.439 e. The second-order valence-corrected chi connectivity index (χ2v) is 10.1. The van der Waals surface area contributed by atoms with Gasteiger partial charge in [0.05, 0.1) is 18.0 Å². The van der Waals surface area contributed by atoms with E-state index in [0.29, 0.717) is 64.1 Å². The number of nitrogens with zero attached hydrogens (tertiary/aromatic N) is 4. The maximum absolute atomic E-state index is 15.8. The summed E-state index contributed by atoms with van der Waals surface area (Å²) in [6.07, 6.45) is 8.49. The molecule has 0 radical (unpaired) electrons. The molecule has 10 heteroatoms. The predicted octanol–water partition coefficient (Wildman–Crippen LogP) is 7.61. The number of benzene rings is 2. The van der Waals surface area contributed by atoms with Crippen LogP contribution in [0.15, 0.2) is 92.7 Å². The van der Waals surface area contributed by atoms with Gasteiger partial charge in [0.2, 0.25) is 0 Å². The molecular weight excluding hydrogens is 573 g/mol. The van der Waals surface area contributed by atoms with Gasteiger partial charge in [-0.1, -0.05) is 63.2 Å². The predicted molar refractivity (Wildman–Crippen MR) is 176 cm³/mol. The lowest BCUT2D eigenvalue weighted by molar-refractivity contribution is -0.115. The number of halogens is 1. The van der Waals surface area contributed by atoms with Gasteiger partial charge in [0.15, 0.2) is 5.82 Å². The molecule has 0 saturated heterocycles. The number of anilines is 1. The molecule has 2 aromatic carbocycles. The molecule has 1 aliphatic heterocycles. The molecule has 1 amide bonds. The molecule has 1 N–H and O–H groups in total. The summed E-state index contributed by atoms with van der Waals surface area (Å²) in [7, 11) is 0. The fourth-order valence-corrected chi connectivity index (χ4v) is 5.37. The van der Waals surface area contributed by atoms with Crippen molar-refractivity contribution in [1.82, 2.24) is 15.1 Å². The third-order valence-corrected chi connectivity index (χ3v) is 7.27. The van der Waals surface area contributed by atoms with Crippen LogP contribution in [-0.4, -0.2) is 33.9 Å². The van der Waals surface area contributed by atoms with Crippen molar-refractivity contribution in [3.63, 3.8) is 0 Å². The normalized spacial score (nSPS) is 15.2. The van der Waals surface area contributed by atoms with Crippen molar-refractivity contribution in [2.45, 2.75) is 66.7 Å². The van der Waals surface area contributed by atoms with Crippen LogP contribution in [0.4, 0.5) is 10.1 Å². The third kappa shape index (κ3) is 7.06. The molecule has 0 unspecified atom stereocenters. The average Bonchev–Trinajstić information content (AvgIpc) is 3.49. The first-order chi connectivity index (χ1) is 21.9. The van der Waals surface area contributed by atoms with Gasteiger partial charge in [0.1, 0.15) is 17.4 Å². The summed E-state index contributed by atoms with van der Waals surface area (Å²) in [6, 6.07) is 12.2. The number of aromatic amines is 1. The Morgan fingerprint density at radius 2 is 1.80 bits per heavy atom. The average molecular weight is 614 g/mol. The second kappa shape index (κ2) is 15.1. The molecule has 5 rings (SSSR count). The van der Waals surface area contributed by atoms with Crippen LogP contribution in [0.25, 0.3) is 11.1 Å². The molecule has 3 aromatic rings. The highest BCUT2D eigenvalue weighted by atomic mass is 19.1. The largest absolute Gasteiger partial charge is 0.494 e. The summed E-state index contributed by atoms with van der Waals surface area (Å²) in [5, 5.41) is 10.0. The van der Waals surface area contributed by atoms with E-state index >= 15 is 4.39 Å². The van der Waals surface area contributed by atoms with Gasteiger partial charge in [-0.15, -0.1) is 0 Å². The minimum Gasteiger partial charge on any atom is -0.494 e. The van der Waals surface area contributed by atoms with E-state index in [1.165, 1.54) is 11.0 Å². The van der Waals surface area contributed by atoms with E-state index in [9.17, 15) is 9.59 Å². The van der Waals surface area contributed by atoms with E-state index in [2.05, 4.69) is 26.3 Å². The van der Waals surface area contributed by atoms with Crippen LogP contribution in [0.3, 0.4) is 0 Å². The lowest BCUT2D eigenvalue weighted by Gasteiger charge is -2.38. The smallest absolute Gasteiger partial charge is 0.439 e. The lowest BCUT2D eigenvalue weighted by Crippen LogP contribution is -2.44. The first-order valence-corrected chi connectivity index (χ1v) is 15.4. The summed E-state index contributed by atoms with van der Waals surface area (Å²) < 4.78 is 26.1. The van der Waals surface area contributed by atoms with Crippen molar-refractivity contribution in [3.05, 3.63) is 112 Å². The monoisotopic (exact) mass is 613 g/mol. The number of carbonyl (C=O) groups excluding carboxylic acids is 1. The first kappa shape index (κ1) is 32.9. The molecule has 2 aliphatic rings. The standard InChI is InChI=1S/C33H34FN5O4.C2H6/c1-5-10-30-28(32(40)38(21(4)39(30)35-6-2)24-15-17-25(18-16-24)42-7-3)19-23-14-13-22(20-29(23)34)26-11-8-9-12-27(26)31-36-33(41)43-37-31;1-2/h6,11-18,20H,4-5,7-10,19H2,1-3H3,(H,36,37,41);1-2H3/b35-6-;. The van der Waals surface area contributed by atoms with Crippen LogP contribution in [0.5, 0.6) is 5.75 Å². The molecule has 2 heterocycles. The zero-order valence-electron chi connectivity index (χ0n) is 26.5. The molecule has 0 fully saturated rings. The van der Waals surface area contributed by atoms with Crippen molar-refractivity contribution in [2.24, 2.45) is 5.10 Å². The second-order valence-electron chi connectivity index (χ2n) is 10.1. The maximum atomic E-state index is 15.8. The van der Waals surface area contributed by atoms with E-state index in [0.717, 1.165) is 24.8 Å². The van der Waals surface area contributed by atoms with E-state index < -0.39 is 11.6 Å². The van der Waals surface area contributed by atoms with Crippen molar-refractivity contribution in [2.75, 3.05) is 11.5 Å². The number of carbonyl (C=O) groups is 1. The highest BCUT2D eigenvalue weighted by Gasteiger charge is 2.36. The molecule has 0 spiro atoms. The number of amides is 1. The van der Waals surface area contributed by atoms with Gasteiger partial charge in [-0.25, -0.2) is 14.2 Å². The number of hydrazone groups is 1. The van der Waals surface area contributed by atoms with Gasteiger partial charge < -0.3 is 4.74 Å². The fourth-order valence-electron chi connectivity index (χ4n) is 5.37.